The summed E-state index contributed by atoms with van der Waals surface area (Å²) in [5.41, 5.74) is 0.886. The molecule has 1 saturated heterocycles. The van der Waals surface area contributed by atoms with Gasteiger partial charge in [0.25, 0.3) is 0 Å². The molecule has 3 unspecified atom stereocenters. The van der Waals surface area contributed by atoms with Crippen LogP contribution in [0.25, 0.3) is 10.9 Å². The lowest BCUT2D eigenvalue weighted by atomic mass is 9.97. The number of aromatic nitrogens is 1. The van der Waals surface area contributed by atoms with Crippen LogP contribution in [0.2, 0.25) is 0 Å². The van der Waals surface area contributed by atoms with E-state index in [-0.39, 0.29) is 24.0 Å². The number of benzene rings is 1. The smallest absolute Gasteiger partial charge is 0.407 e. The molecule has 0 saturated carbocycles. The van der Waals surface area contributed by atoms with E-state index < -0.39 is 17.5 Å². The van der Waals surface area contributed by atoms with Crippen molar-refractivity contribution in [1.29, 1.82) is 0 Å². The highest BCUT2D eigenvalue weighted by molar-refractivity contribution is 5.86. The number of hydrogen-bond acceptors (Lipinski definition) is 6. The number of alkyl carbamates (subject to hydrolysis) is 1. The van der Waals surface area contributed by atoms with Gasteiger partial charge in [-0.2, -0.15) is 0 Å². The van der Waals surface area contributed by atoms with Gasteiger partial charge in [-0.15, -0.1) is 0 Å². The van der Waals surface area contributed by atoms with Gasteiger partial charge in [0.1, 0.15) is 17.5 Å². The van der Waals surface area contributed by atoms with Crippen LogP contribution in [-0.2, 0) is 15.9 Å². The zero-order valence-electron chi connectivity index (χ0n) is 18.4. The number of rotatable bonds is 4. The second-order valence-electron chi connectivity index (χ2n) is 9.13. The number of carbonyl (C=O) groups excluding carboxylic acids is 1. The maximum atomic E-state index is 14.9. The summed E-state index contributed by atoms with van der Waals surface area (Å²) >= 11 is 0. The number of nitrogens with one attached hydrogen (secondary N) is 1. The highest BCUT2D eigenvalue weighted by atomic mass is 19.1. The third-order valence-corrected chi connectivity index (χ3v) is 5.57. The van der Waals surface area contributed by atoms with Crippen LogP contribution in [-0.4, -0.2) is 48.6 Å². The second-order valence-corrected chi connectivity index (χ2v) is 9.13. The van der Waals surface area contributed by atoms with Crippen LogP contribution in [0.5, 0.6) is 11.5 Å². The normalized spacial score (nSPS) is 23.2. The minimum atomic E-state index is -0.528. The Morgan fingerprint density at radius 1 is 1.29 bits per heavy atom. The number of hydrogen-bond donors (Lipinski definition) is 1. The molecule has 8 heteroatoms. The maximum Gasteiger partial charge on any atom is 0.407 e. The Morgan fingerprint density at radius 3 is 2.77 bits per heavy atom. The monoisotopic (exact) mass is 432 g/mol. The van der Waals surface area contributed by atoms with E-state index in [1.165, 1.54) is 7.11 Å². The summed E-state index contributed by atoms with van der Waals surface area (Å²) < 4.78 is 37.3. The molecule has 1 amide bonds. The van der Waals surface area contributed by atoms with Gasteiger partial charge in [-0.1, -0.05) is 0 Å². The summed E-state index contributed by atoms with van der Waals surface area (Å²) in [5.74, 6) is 0.411. The number of fused-ring (bicyclic) bond motifs is 3. The molecule has 1 N–H and O–H groups in total. The predicted molar refractivity (Wildman–Crippen MR) is 113 cm³/mol. The Morgan fingerprint density at radius 2 is 2.10 bits per heavy atom. The molecule has 168 valence electrons. The number of methoxy groups -OCH3 is 1. The summed E-state index contributed by atoms with van der Waals surface area (Å²) in [6.45, 7) is 5.93. The molecule has 3 atom stereocenters. The summed E-state index contributed by atoms with van der Waals surface area (Å²) in [4.78, 5) is 16.3. The lowest BCUT2D eigenvalue weighted by Crippen LogP contribution is -2.45. The third kappa shape index (κ3) is 4.84. The SMILES string of the molecule is COc1ccc2ncc3c(c2c1F)CC(CC1CCC(NC(=O)OC(C)(C)C)CO1)O3. The van der Waals surface area contributed by atoms with Crippen molar-refractivity contribution in [2.24, 2.45) is 0 Å². The van der Waals surface area contributed by atoms with Crippen molar-refractivity contribution in [1.82, 2.24) is 10.3 Å². The van der Waals surface area contributed by atoms with Gasteiger partial charge in [0.05, 0.1) is 37.6 Å². The number of pyridine rings is 1. The van der Waals surface area contributed by atoms with E-state index in [0.29, 0.717) is 36.1 Å². The molecule has 4 rings (SSSR count). The highest BCUT2D eigenvalue weighted by Crippen LogP contribution is 2.39. The molecule has 0 spiro atoms. The summed E-state index contributed by atoms with van der Waals surface area (Å²) in [5, 5.41) is 3.33. The zero-order chi connectivity index (χ0) is 22.2. The lowest BCUT2D eigenvalue weighted by molar-refractivity contribution is -0.0255. The van der Waals surface area contributed by atoms with Gasteiger partial charge in [-0.3, -0.25) is 4.98 Å². The Balaban J connectivity index is 1.34. The van der Waals surface area contributed by atoms with Gasteiger partial charge >= 0.3 is 6.09 Å². The number of nitrogens with zero attached hydrogens (tertiary/aromatic N) is 1. The first-order chi connectivity index (χ1) is 14.7. The molecule has 31 heavy (non-hydrogen) atoms. The van der Waals surface area contributed by atoms with Crippen LogP contribution in [0, 0.1) is 5.82 Å². The molecule has 7 nitrogen and oxygen atoms in total. The van der Waals surface area contributed by atoms with E-state index in [4.69, 9.17) is 18.9 Å². The van der Waals surface area contributed by atoms with Crippen LogP contribution in [0.3, 0.4) is 0 Å². The maximum absolute atomic E-state index is 14.9. The van der Waals surface area contributed by atoms with Crippen LogP contribution < -0.4 is 14.8 Å². The number of ether oxygens (including phenoxy) is 4. The first-order valence-corrected chi connectivity index (χ1v) is 10.7. The van der Waals surface area contributed by atoms with Gasteiger partial charge in [-0.05, 0) is 45.7 Å². The van der Waals surface area contributed by atoms with Crippen LogP contribution in [0.4, 0.5) is 9.18 Å². The van der Waals surface area contributed by atoms with Crippen LogP contribution in [0.1, 0.15) is 45.6 Å². The van der Waals surface area contributed by atoms with Crippen LogP contribution >= 0.6 is 0 Å². The first kappa shape index (κ1) is 21.6. The largest absolute Gasteiger partial charge is 0.494 e. The Hall–Kier alpha value is -2.61. The van der Waals surface area contributed by atoms with Crippen molar-refractivity contribution in [3.8, 4) is 11.5 Å². The molecule has 1 aromatic heterocycles. The quantitative estimate of drug-likeness (QED) is 0.782. The van der Waals surface area contributed by atoms with Crippen molar-refractivity contribution in [2.45, 2.75) is 70.3 Å². The van der Waals surface area contributed by atoms with Crippen molar-refractivity contribution >= 4 is 17.0 Å². The van der Waals surface area contributed by atoms with E-state index in [1.54, 1.807) is 18.3 Å². The average molecular weight is 432 g/mol. The zero-order valence-corrected chi connectivity index (χ0v) is 18.4. The van der Waals surface area contributed by atoms with Gasteiger partial charge in [0, 0.05) is 23.8 Å². The molecule has 0 radical (unpaired) electrons. The average Bonchev–Trinajstić information content (AvgIpc) is 3.10. The second kappa shape index (κ2) is 8.49. The van der Waals surface area contributed by atoms with Gasteiger partial charge in [-0.25, -0.2) is 9.18 Å². The molecular formula is C23H29FN2O5. The van der Waals surface area contributed by atoms with E-state index in [9.17, 15) is 9.18 Å². The van der Waals surface area contributed by atoms with E-state index in [2.05, 4.69) is 10.3 Å². The Kier molecular flexibility index (Phi) is 5.92. The van der Waals surface area contributed by atoms with Crippen LogP contribution in [0.15, 0.2) is 18.3 Å². The molecule has 1 aromatic carbocycles. The fourth-order valence-electron chi connectivity index (χ4n) is 4.19. The highest BCUT2D eigenvalue weighted by Gasteiger charge is 2.32. The van der Waals surface area contributed by atoms with E-state index >= 15 is 0 Å². The molecular weight excluding hydrogens is 403 g/mol. The fraction of sp³-hybridized carbons (Fsp3) is 0.565. The predicted octanol–water partition coefficient (Wildman–Crippen LogP) is 4.15. The molecule has 3 heterocycles. The third-order valence-electron chi connectivity index (χ3n) is 5.57. The minimum absolute atomic E-state index is 0.0228. The van der Waals surface area contributed by atoms with Crippen molar-refractivity contribution in [2.75, 3.05) is 13.7 Å². The topological polar surface area (TPSA) is 78.9 Å². The number of amides is 1. The number of halogens is 1. The first-order valence-electron chi connectivity index (χ1n) is 10.7. The van der Waals surface area contributed by atoms with Gasteiger partial charge in [0.2, 0.25) is 0 Å². The van der Waals surface area contributed by atoms with Gasteiger partial charge in [0.15, 0.2) is 11.6 Å². The molecule has 2 aliphatic rings. The molecule has 0 aliphatic carbocycles. The Labute approximate surface area is 181 Å². The molecule has 2 aliphatic heterocycles. The summed E-state index contributed by atoms with van der Waals surface area (Å²) in [6.07, 6.45) is 4.05. The molecule has 0 bridgehead atoms. The van der Waals surface area contributed by atoms with Crippen molar-refractivity contribution < 1.29 is 28.1 Å². The summed E-state index contributed by atoms with van der Waals surface area (Å²) in [7, 11) is 1.45. The molecule has 1 fully saturated rings. The standard InChI is InChI=1S/C23H29FN2O5/c1-23(2,3)31-22(27)26-13-5-6-14(29-12-13)9-15-10-16-19(30-15)11-25-17-7-8-18(28-4)21(24)20(16)17/h7-8,11,13-15H,5-6,9-10,12H2,1-4H3,(H,26,27). The fourth-order valence-corrected chi connectivity index (χ4v) is 4.19. The lowest BCUT2D eigenvalue weighted by Gasteiger charge is -2.31. The van der Waals surface area contributed by atoms with Gasteiger partial charge < -0.3 is 24.3 Å². The molecule has 2 aromatic rings. The Bertz CT molecular complexity index is 967. The van der Waals surface area contributed by atoms with E-state index in [1.807, 2.05) is 20.8 Å². The minimum Gasteiger partial charge on any atom is -0.494 e. The summed E-state index contributed by atoms with van der Waals surface area (Å²) in [6, 6.07) is 3.27. The van der Waals surface area contributed by atoms with Crippen molar-refractivity contribution in [3.05, 3.63) is 29.7 Å². The van der Waals surface area contributed by atoms with Crippen molar-refractivity contribution in [3.63, 3.8) is 0 Å². The number of carbonyl (C=O) groups is 1. The van der Waals surface area contributed by atoms with E-state index in [0.717, 1.165) is 18.4 Å².